The highest BCUT2D eigenvalue weighted by Gasteiger charge is 2.35. The second kappa shape index (κ2) is 5.05. The molecule has 0 aliphatic rings. The summed E-state index contributed by atoms with van der Waals surface area (Å²) in [5.41, 5.74) is 0.156. The van der Waals surface area contributed by atoms with Gasteiger partial charge in [0.05, 0.1) is 18.4 Å². The van der Waals surface area contributed by atoms with E-state index in [2.05, 4.69) is 0 Å². The minimum atomic E-state index is -4.40. The lowest BCUT2D eigenvalue weighted by atomic mass is 10.0. The summed E-state index contributed by atoms with van der Waals surface area (Å²) in [5.74, 6) is 0. The molecule has 1 nitrogen and oxygen atoms in total. The fourth-order valence-electron chi connectivity index (χ4n) is 1.28. The van der Waals surface area contributed by atoms with E-state index in [0.29, 0.717) is 0 Å². The van der Waals surface area contributed by atoms with E-state index in [1.807, 2.05) is 0 Å². The Labute approximate surface area is 92.5 Å². The third-order valence-corrected chi connectivity index (χ3v) is 2.00. The number of ether oxygens (including phenoxy) is 1. The number of aryl methyl sites for hydroxylation is 1. The van der Waals surface area contributed by atoms with E-state index in [1.165, 1.54) is 12.1 Å². The fourth-order valence-corrected chi connectivity index (χ4v) is 1.28. The zero-order valence-electron chi connectivity index (χ0n) is 9.14. The summed E-state index contributed by atoms with van der Waals surface area (Å²) in [4.78, 5) is 0. The second-order valence-corrected chi connectivity index (χ2v) is 3.35. The summed E-state index contributed by atoms with van der Waals surface area (Å²) in [6, 6.07) is 6.25. The fraction of sp³-hybridized carbons (Fsp3) is 0.333. The SMILES string of the molecule is CCO/C=C(\c1cccc(C)c1)C(F)(F)F. The van der Waals surface area contributed by atoms with Crippen molar-refractivity contribution in [3.63, 3.8) is 0 Å². The van der Waals surface area contributed by atoms with Gasteiger partial charge in [-0.15, -0.1) is 0 Å². The van der Waals surface area contributed by atoms with E-state index in [-0.39, 0.29) is 12.2 Å². The monoisotopic (exact) mass is 230 g/mol. The van der Waals surface area contributed by atoms with Crippen molar-refractivity contribution in [1.82, 2.24) is 0 Å². The molecule has 0 N–H and O–H groups in total. The first-order valence-corrected chi connectivity index (χ1v) is 4.91. The minimum absolute atomic E-state index is 0.126. The Morgan fingerprint density at radius 2 is 2.06 bits per heavy atom. The molecule has 0 saturated heterocycles. The first-order valence-electron chi connectivity index (χ1n) is 4.91. The van der Waals surface area contributed by atoms with E-state index >= 15 is 0 Å². The van der Waals surface area contributed by atoms with Crippen LogP contribution in [0.3, 0.4) is 0 Å². The van der Waals surface area contributed by atoms with Gasteiger partial charge in [-0.05, 0) is 19.4 Å². The molecule has 0 aliphatic carbocycles. The van der Waals surface area contributed by atoms with E-state index < -0.39 is 11.7 Å². The normalized spacial score (nSPS) is 12.7. The van der Waals surface area contributed by atoms with Gasteiger partial charge in [-0.25, -0.2) is 0 Å². The van der Waals surface area contributed by atoms with Crippen LogP contribution in [0.1, 0.15) is 18.1 Å². The molecule has 0 spiro atoms. The predicted molar refractivity (Wildman–Crippen MR) is 56.8 cm³/mol. The molecular weight excluding hydrogens is 217 g/mol. The summed E-state index contributed by atoms with van der Waals surface area (Å²) in [6.45, 7) is 3.60. The highest BCUT2D eigenvalue weighted by Crippen LogP contribution is 2.34. The first-order chi connectivity index (χ1) is 7.45. The standard InChI is InChI=1S/C12H13F3O/c1-3-16-8-11(12(13,14)15)10-6-4-5-9(2)7-10/h4-8H,3H2,1-2H3/b11-8+. The van der Waals surface area contributed by atoms with E-state index in [9.17, 15) is 13.2 Å². The lowest BCUT2D eigenvalue weighted by Gasteiger charge is -2.12. The van der Waals surface area contributed by atoms with Crippen LogP contribution in [0.4, 0.5) is 13.2 Å². The lowest BCUT2D eigenvalue weighted by Crippen LogP contribution is -2.11. The Morgan fingerprint density at radius 1 is 1.38 bits per heavy atom. The van der Waals surface area contributed by atoms with Gasteiger partial charge in [0, 0.05) is 0 Å². The summed E-state index contributed by atoms with van der Waals surface area (Å²) in [6.07, 6.45) is -3.63. The largest absolute Gasteiger partial charge is 0.501 e. The Morgan fingerprint density at radius 3 is 2.56 bits per heavy atom. The Kier molecular flexibility index (Phi) is 3.99. The molecule has 1 rings (SSSR count). The van der Waals surface area contributed by atoms with Crippen molar-refractivity contribution in [3.05, 3.63) is 41.7 Å². The minimum Gasteiger partial charge on any atom is -0.501 e. The summed E-state index contributed by atoms with van der Waals surface area (Å²) in [7, 11) is 0. The number of benzene rings is 1. The van der Waals surface area contributed by atoms with Crippen LogP contribution >= 0.6 is 0 Å². The molecule has 1 aromatic carbocycles. The van der Waals surface area contributed by atoms with Crippen molar-refractivity contribution < 1.29 is 17.9 Å². The number of allylic oxidation sites excluding steroid dienone is 1. The number of hydrogen-bond acceptors (Lipinski definition) is 1. The van der Waals surface area contributed by atoms with Gasteiger partial charge >= 0.3 is 6.18 Å². The van der Waals surface area contributed by atoms with Gasteiger partial charge in [0.1, 0.15) is 0 Å². The smallest absolute Gasteiger partial charge is 0.419 e. The number of halogens is 3. The molecule has 0 amide bonds. The van der Waals surface area contributed by atoms with Crippen molar-refractivity contribution in [2.75, 3.05) is 6.61 Å². The Balaban J connectivity index is 3.12. The van der Waals surface area contributed by atoms with Gasteiger partial charge in [-0.2, -0.15) is 13.2 Å². The zero-order valence-corrected chi connectivity index (χ0v) is 9.14. The van der Waals surface area contributed by atoms with Gasteiger partial charge in [0.15, 0.2) is 0 Å². The van der Waals surface area contributed by atoms with Gasteiger partial charge in [0.25, 0.3) is 0 Å². The molecule has 0 bridgehead atoms. The van der Waals surface area contributed by atoms with Crippen LogP contribution in [0.15, 0.2) is 30.5 Å². The van der Waals surface area contributed by atoms with Crippen LogP contribution in [-0.2, 0) is 4.74 Å². The van der Waals surface area contributed by atoms with Crippen LogP contribution in [0.25, 0.3) is 5.57 Å². The number of alkyl halides is 3. The van der Waals surface area contributed by atoms with Gasteiger partial charge in [-0.1, -0.05) is 29.8 Å². The molecule has 0 aliphatic heterocycles. The van der Waals surface area contributed by atoms with Crippen LogP contribution in [0.5, 0.6) is 0 Å². The summed E-state index contributed by atoms with van der Waals surface area (Å²) in [5, 5.41) is 0. The third-order valence-electron chi connectivity index (χ3n) is 2.00. The topological polar surface area (TPSA) is 9.23 Å². The molecule has 1 aromatic rings. The molecular formula is C12H13F3O. The molecule has 88 valence electrons. The third kappa shape index (κ3) is 3.29. The van der Waals surface area contributed by atoms with Crippen molar-refractivity contribution in [2.24, 2.45) is 0 Å². The molecule has 0 atom stereocenters. The van der Waals surface area contributed by atoms with E-state index in [4.69, 9.17) is 4.74 Å². The highest BCUT2D eigenvalue weighted by atomic mass is 19.4. The first kappa shape index (κ1) is 12.6. The molecule has 0 aromatic heterocycles. The van der Waals surface area contributed by atoms with Crippen LogP contribution in [0.2, 0.25) is 0 Å². The maximum absolute atomic E-state index is 12.7. The predicted octanol–water partition coefficient (Wildman–Crippen LogP) is 3.93. The van der Waals surface area contributed by atoms with Crippen LogP contribution < -0.4 is 0 Å². The summed E-state index contributed by atoms with van der Waals surface area (Å²) >= 11 is 0. The zero-order chi connectivity index (χ0) is 12.2. The molecule has 4 heteroatoms. The summed E-state index contributed by atoms with van der Waals surface area (Å²) < 4.78 is 42.9. The Bertz CT molecular complexity index is 380. The van der Waals surface area contributed by atoms with E-state index in [0.717, 1.165) is 11.8 Å². The molecule has 0 fully saturated rings. The van der Waals surface area contributed by atoms with Crippen molar-refractivity contribution in [1.29, 1.82) is 0 Å². The number of hydrogen-bond donors (Lipinski definition) is 0. The Hall–Kier alpha value is -1.45. The molecule has 0 unspecified atom stereocenters. The van der Waals surface area contributed by atoms with Crippen molar-refractivity contribution in [2.45, 2.75) is 20.0 Å². The van der Waals surface area contributed by atoms with Crippen LogP contribution in [-0.4, -0.2) is 12.8 Å². The average molecular weight is 230 g/mol. The molecule has 0 heterocycles. The van der Waals surface area contributed by atoms with Gasteiger partial charge in [0.2, 0.25) is 0 Å². The highest BCUT2D eigenvalue weighted by molar-refractivity contribution is 5.69. The maximum Gasteiger partial charge on any atom is 0.419 e. The maximum atomic E-state index is 12.7. The lowest BCUT2D eigenvalue weighted by molar-refractivity contribution is -0.0703. The number of rotatable bonds is 3. The quantitative estimate of drug-likeness (QED) is 0.715. The average Bonchev–Trinajstić information content (AvgIpc) is 2.16. The van der Waals surface area contributed by atoms with Gasteiger partial charge in [-0.3, -0.25) is 0 Å². The van der Waals surface area contributed by atoms with Gasteiger partial charge < -0.3 is 4.74 Å². The molecule has 0 radical (unpaired) electrons. The van der Waals surface area contributed by atoms with Crippen molar-refractivity contribution in [3.8, 4) is 0 Å². The van der Waals surface area contributed by atoms with Crippen LogP contribution in [0, 0.1) is 6.92 Å². The molecule has 0 saturated carbocycles. The second-order valence-electron chi connectivity index (χ2n) is 3.35. The van der Waals surface area contributed by atoms with E-state index in [1.54, 1.807) is 26.0 Å². The molecule has 16 heavy (non-hydrogen) atoms. The van der Waals surface area contributed by atoms with Crippen molar-refractivity contribution >= 4 is 5.57 Å².